The number of halogens is 1. The van der Waals surface area contributed by atoms with Gasteiger partial charge < -0.3 is 10.6 Å². The van der Waals surface area contributed by atoms with Gasteiger partial charge in [-0.05, 0) is 41.8 Å². The van der Waals surface area contributed by atoms with Gasteiger partial charge in [-0.3, -0.25) is 9.89 Å². The normalized spacial score (nSPS) is 10.9. The predicted molar refractivity (Wildman–Crippen MR) is 124 cm³/mol. The number of aromatic amines is 1. The van der Waals surface area contributed by atoms with E-state index in [9.17, 15) is 4.79 Å². The molecule has 0 aliphatic rings. The molecule has 7 nitrogen and oxygen atoms in total. The number of hydrogen-bond acceptors (Lipinski definition) is 6. The Hall–Kier alpha value is -3.75. The Morgan fingerprint density at radius 3 is 2.71 bits per heavy atom. The van der Waals surface area contributed by atoms with Crippen molar-refractivity contribution in [3.05, 3.63) is 82.3 Å². The fraction of sp³-hybridized carbons (Fsp3) is 0. The van der Waals surface area contributed by atoms with E-state index in [0.29, 0.717) is 27.1 Å². The standard InChI is InChI=1S/C22H15ClN6OS/c23-14-5-2-7-16(11-14)26-20-18-19(28-29-21(18)25-12-24-20)13-4-1-6-15(10-13)27-22(30)17-8-3-9-31-17/h1-12H,(H,27,30)(H2,24,25,26,28,29). The number of nitrogens with zero attached hydrogens (tertiary/aromatic N) is 3. The van der Waals surface area contributed by atoms with Gasteiger partial charge in [-0.15, -0.1) is 11.3 Å². The van der Waals surface area contributed by atoms with Crippen molar-refractivity contribution in [2.75, 3.05) is 10.6 Å². The zero-order valence-electron chi connectivity index (χ0n) is 16.0. The Bertz CT molecular complexity index is 1380. The second-order valence-corrected chi connectivity index (χ2v) is 8.05. The molecule has 0 spiro atoms. The molecule has 0 saturated heterocycles. The number of aromatic nitrogens is 4. The Kier molecular flexibility index (Phi) is 5.07. The highest BCUT2D eigenvalue weighted by molar-refractivity contribution is 7.12. The third-order valence-electron chi connectivity index (χ3n) is 4.59. The van der Waals surface area contributed by atoms with Crippen LogP contribution in [0.4, 0.5) is 17.2 Å². The Labute approximate surface area is 186 Å². The van der Waals surface area contributed by atoms with Gasteiger partial charge in [-0.2, -0.15) is 5.10 Å². The number of carbonyl (C=O) groups is 1. The van der Waals surface area contributed by atoms with Crippen LogP contribution < -0.4 is 10.6 Å². The van der Waals surface area contributed by atoms with Crippen molar-refractivity contribution >= 4 is 57.1 Å². The van der Waals surface area contributed by atoms with Crippen LogP contribution in [0, 0.1) is 0 Å². The molecule has 3 aromatic heterocycles. The van der Waals surface area contributed by atoms with Gasteiger partial charge in [-0.1, -0.05) is 35.9 Å². The molecule has 31 heavy (non-hydrogen) atoms. The van der Waals surface area contributed by atoms with E-state index in [1.165, 1.54) is 17.7 Å². The summed E-state index contributed by atoms with van der Waals surface area (Å²) in [5, 5.41) is 16.8. The molecular formula is C22H15ClN6OS. The summed E-state index contributed by atoms with van der Waals surface area (Å²) in [5.41, 5.74) is 3.60. The molecule has 9 heteroatoms. The Morgan fingerprint density at radius 1 is 1.00 bits per heavy atom. The Morgan fingerprint density at radius 2 is 1.87 bits per heavy atom. The van der Waals surface area contributed by atoms with Crippen LogP contribution in [-0.2, 0) is 0 Å². The molecule has 0 unspecified atom stereocenters. The quantitative estimate of drug-likeness (QED) is 0.320. The van der Waals surface area contributed by atoms with Crippen molar-refractivity contribution in [1.29, 1.82) is 0 Å². The number of amides is 1. The van der Waals surface area contributed by atoms with Crippen LogP contribution in [0.15, 0.2) is 72.4 Å². The zero-order chi connectivity index (χ0) is 21.2. The third-order valence-corrected chi connectivity index (χ3v) is 5.70. The number of H-pyrrole nitrogens is 1. The maximum Gasteiger partial charge on any atom is 0.265 e. The fourth-order valence-electron chi connectivity index (χ4n) is 3.22. The smallest absolute Gasteiger partial charge is 0.265 e. The van der Waals surface area contributed by atoms with Crippen molar-refractivity contribution in [3.63, 3.8) is 0 Å². The number of rotatable bonds is 5. The lowest BCUT2D eigenvalue weighted by Crippen LogP contribution is -2.09. The molecule has 0 saturated carbocycles. The molecule has 3 N–H and O–H groups in total. The minimum Gasteiger partial charge on any atom is -0.339 e. The highest BCUT2D eigenvalue weighted by Crippen LogP contribution is 2.33. The number of fused-ring (bicyclic) bond motifs is 1. The van der Waals surface area contributed by atoms with Gasteiger partial charge in [0, 0.05) is 22.0 Å². The number of thiophene rings is 1. The molecule has 0 radical (unpaired) electrons. The van der Waals surface area contributed by atoms with E-state index in [1.807, 2.05) is 60.0 Å². The molecule has 5 rings (SSSR count). The van der Waals surface area contributed by atoms with E-state index in [2.05, 4.69) is 30.8 Å². The summed E-state index contributed by atoms with van der Waals surface area (Å²) in [6.07, 6.45) is 1.46. The van der Waals surface area contributed by atoms with E-state index >= 15 is 0 Å². The molecule has 0 atom stereocenters. The lowest BCUT2D eigenvalue weighted by molar-refractivity contribution is 0.103. The van der Waals surface area contributed by atoms with Crippen LogP contribution in [-0.4, -0.2) is 26.1 Å². The molecule has 0 fully saturated rings. The molecule has 1 amide bonds. The van der Waals surface area contributed by atoms with Gasteiger partial charge in [0.05, 0.1) is 16.0 Å². The summed E-state index contributed by atoms with van der Waals surface area (Å²) >= 11 is 7.50. The average Bonchev–Trinajstić information content (AvgIpc) is 3.45. The number of hydrogen-bond donors (Lipinski definition) is 3. The van der Waals surface area contributed by atoms with Gasteiger partial charge in [0.15, 0.2) is 5.65 Å². The summed E-state index contributed by atoms with van der Waals surface area (Å²) in [6, 6.07) is 18.6. The monoisotopic (exact) mass is 446 g/mol. The SMILES string of the molecule is O=C(Nc1cccc(-c2[nH]nc3ncnc(Nc4cccc(Cl)c4)c23)c1)c1cccs1. The van der Waals surface area contributed by atoms with E-state index in [0.717, 1.165) is 22.3 Å². The van der Waals surface area contributed by atoms with Crippen LogP contribution in [0.5, 0.6) is 0 Å². The van der Waals surface area contributed by atoms with Crippen molar-refractivity contribution in [2.24, 2.45) is 0 Å². The summed E-state index contributed by atoms with van der Waals surface area (Å²) in [5.74, 6) is 0.456. The summed E-state index contributed by atoms with van der Waals surface area (Å²) in [7, 11) is 0. The first-order valence-electron chi connectivity index (χ1n) is 9.34. The summed E-state index contributed by atoms with van der Waals surface area (Å²) in [4.78, 5) is 21.7. The second-order valence-electron chi connectivity index (χ2n) is 6.67. The maximum atomic E-state index is 12.4. The molecule has 0 aliphatic heterocycles. The lowest BCUT2D eigenvalue weighted by Gasteiger charge is -2.09. The van der Waals surface area contributed by atoms with E-state index < -0.39 is 0 Å². The minimum absolute atomic E-state index is 0.145. The number of benzene rings is 2. The van der Waals surface area contributed by atoms with Crippen LogP contribution in [0.25, 0.3) is 22.3 Å². The van der Waals surface area contributed by atoms with Gasteiger partial charge in [-0.25, -0.2) is 9.97 Å². The molecule has 0 bridgehead atoms. The molecule has 5 aromatic rings. The fourth-order valence-corrected chi connectivity index (χ4v) is 4.02. The van der Waals surface area contributed by atoms with Crippen LogP contribution in [0.3, 0.4) is 0 Å². The van der Waals surface area contributed by atoms with Gasteiger partial charge in [0.2, 0.25) is 0 Å². The lowest BCUT2D eigenvalue weighted by atomic mass is 10.1. The first kappa shape index (κ1) is 19.2. The maximum absolute atomic E-state index is 12.4. The molecular weight excluding hydrogens is 432 g/mol. The highest BCUT2D eigenvalue weighted by atomic mass is 35.5. The zero-order valence-corrected chi connectivity index (χ0v) is 17.5. The largest absolute Gasteiger partial charge is 0.339 e. The first-order chi connectivity index (χ1) is 15.2. The summed E-state index contributed by atoms with van der Waals surface area (Å²) in [6.45, 7) is 0. The van der Waals surface area contributed by atoms with Gasteiger partial charge in [0.25, 0.3) is 5.91 Å². The van der Waals surface area contributed by atoms with Crippen molar-refractivity contribution in [1.82, 2.24) is 20.2 Å². The number of nitrogens with one attached hydrogen (secondary N) is 3. The molecule has 152 valence electrons. The molecule has 2 aromatic carbocycles. The number of carbonyl (C=O) groups excluding carboxylic acids is 1. The van der Waals surface area contributed by atoms with Gasteiger partial charge >= 0.3 is 0 Å². The number of anilines is 3. The van der Waals surface area contributed by atoms with Crippen LogP contribution in [0.1, 0.15) is 9.67 Å². The minimum atomic E-state index is -0.145. The average molecular weight is 447 g/mol. The highest BCUT2D eigenvalue weighted by Gasteiger charge is 2.15. The predicted octanol–water partition coefficient (Wildman–Crippen LogP) is 5.73. The topological polar surface area (TPSA) is 95.6 Å². The van der Waals surface area contributed by atoms with Gasteiger partial charge in [0.1, 0.15) is 12.1 Å². The van der Waals surface area contributed by atoms with Crippen LogP contribution >= 0.6 is 22.9 Å². The van der Waals surface area contributed by atoms with E-state index in [1.54, 1.807) is 6.07 Å². The van der Waals surface area contributed by atoms with Crippen molar-refractivity contribution < 1.29 is 4.79 Å². The van der Waals surface area contributed by atoms with E-state index in [-0.39, 0.29) is 5.91 Å². The van der Waals surface area contributed by atoms with Crippen LogP contribution in [0.2, 0.25) is 5.02 Å². The van der Waals surface area contributed by atoms with Crippen molar-refractivity contribution in [2.45, 2.75) is 0 Å². The van der Waals surface area contributed by atoms with Crippen molar-refractivity contribution in [3.8, 4) is 11.3 Å². The summed E-state index contributed by atoms with van der Waals surface area (Å²) < 4.78 is 0. The second kappa shape index (κ2) is 8.17. The first-order valence-corrected chi connectivity index (χ1v) is 10.6. The van der Waals surface area contributed by atoms with E-state index in [4.69, 9.17) is 11.6 Å². The molecule has 0 aliphatic carbocycles. The Balaban J connectivity index is 1.51. The molecule has 3 heterocycles. The third kappa shape index (κ3) is 3.98.